The third-order valence-electron chi connectivity index (χ3n) is 6.21. The summed E-state index contributed by atoms with van der Waals surface area (Å²) in [6, 6.07) is 6.47. The molecule has 0 N–H and O–H groups in total. The minimum Gasteiger partial charge on any atom is -0.339 e. The van der Waals surface area contributed by atoms with E-state index in [0.717, 1.165) is 38.5 Å². The van der Waals surface area contributed by atoms with Crippen molar-refractivity contribution in [3.63, 3.8) is 0 Å². The Hall–Kier alpha value is -1.44. The summed E-state index contributed by atoms with van der Waals surface area (Å²) in [4.78, 5) is 4.68. The molecule has 0 bridgehead atoms. The predicted molar refractivity (Wildman–Crippen MR) is 107 cm³/mol. The lowest BCUT2D eigenvalue weighted by molar-refractivity contribution is 0.110. The Morgan fingerprint density at radius 1 is 1.25 bits per heavy atom. The maximum absolute atomic E-state index is 13.6. The Morgan fingerprint density at radius 3 is 2.54 bits per heavy atom. The van der Waals surface area contributed by atoms with Crippen molar-refractivity contribution in [3.05, 3.63) is 41.0 Å². The molecule has 28 heavy (non-hydrogen) atoms. The lowest BCUT2D eigenvalue weighted by atomic mass is 9.84. The molecule has 1 saturated carbocycles. The molecule has 2 fully saturated rings. The second kappa shape index (κ2) is 7.43. The van der Waals surface area contributed by atoms with Crippen LogP contribution in [-0.2, 0) is 16.4 Å². The number of nitrogens with zero attached hydrogens (tertiary/aromatic N) is 3. The number of aryl methyl sites for hydroxylation is 1. The number of halogens is 1. The average Bonchev–Trinajstić information content (AvgIpc) is 3.35. The summed E-state index contributed by atoms with van der Waals surface area (Å²) in [7, 11) is -3.61. The van der Waals surface area contributed by atoms with Gasteiger partial charge in [-0.2, -0.15) is 9.29 Å². The summed E-state index contributed by atoms with van der Waals surface area (Å²) < 4.78 is 34.4. The van der Waals surface area contributed by atoms with Crippen LogP contribution in [0, 0.1) is 12.3 Å². The average molecular weight is 424 g/mol. The first-order chi connectivity index (χ1) is 13.4. The molecule has 2 atom stereocenters. The van der Waals surface area contributed by atoms with Crippen molar-refractivity contribution in [1.29, 1.82) is 0 Å². The third-order valence-corrected chi connectivity index (χ3v) is 8.44. The Balaban J connectivity index is 1.70. The van der Waals surface area contributed by atoms with Crippen LogP contribution in [0.4, 0.5) is 0 Å². The van der Waals surface area contributed by atoms with Crippen LogP contribution in [-0.4, -0.2) is 34.9 Å². The van der Waals surface area contributed by atoms with E-state index in [1.165, 1.54) is 0 Å². The van der Waals surface area contributed by atoms with Crippen molar-refractivity contribution in [3.8, 4) is 0 Å². The van der Waals surface area contributed by atoms with Crippen LogP contribution in [0.1, 0.15) is 57.2 Å². The van der Waals surface area contributed by atoms with E-state index in [9.17, 15) is 8.42 Å². The monoisotopic (exact) mass is 423 g/mol. The molecule has 0 unspecified atom stereocenters. The lowest BCUT2D eigenvalue weighted by Crippen LogP contribution is -2.53. The zero-order valence-corrected chi connectivity index (χ0v) is 17.8. The number of benzene rings is 1. The number of piperidine rings is 1. The van der Waals surface area contributed by atoms with E-state index in [1.807, 2.05) is 0 Å². The lowest BCUT2D eigenvalue weighted by Gasteiger charge is -2.44. The first-order valence-electron chi connectivity index (χ1n) is 9.94. The molecule has 1 aliphatic heterocycles. The Bertz CT molecular complexity index is 938. The standard InChI is InChI=1S/C20H26ClN3O3S/c1-3-16-5-4-6-18(20(11-12-20)13-19-22-14(2)23-27-19)24(16)28(25,26)17-9-7-15(21)8-10-17/h7-10,16,18H,3-6,11-13H2,1-2H3/t16-,18-/m1/s1. The van der Waals surface area contributed by atoms with Gasteiger partial charge in [-0.05, 0) is 68.7 Å². The molecule has 1 saturated heterocycles. The van der Waals surface area contributed by atoms with Gasteiger partial charge in [0.2, 0.25) is 15.9 Å². The minimum atomic E-state index is -3.61. The van der Waals surface area contributed by atoms with Crippen LogP contribution in [0.2, 0.25) is 5.02 Å². The Morgan fingerprint density at radius 2 is 1.96 bits per heavy atom. The van der Waals surface area contributed by atoms with Crippen molar-refractivity contribution >= 4 is 21.6 Å². The van der Waals surface area contributed by atoms with E-state index in [-0.39, 0.29) is 17.5 Å². The summed E-state index contributed by atoms with van der Waals surface area (Å²) in [6.07, 6.45) is 6.23. The van der Waals surface area contributed by atoms with Gasteiger partial charge in [-0.25, -0.2) is 8.42 Å². The largest absolute Gasteiger partial charge is 0.339 e. The van der Waals surface area contributed by atoms with Gasteiger partial charge >= 0.3 is 0 Å². The van der Waals surface area contributed by atoms with Gasteiger partial charge in [-0.15, -0.1) is 0 Å². The molecule has 1 aromatic heterocycles. The number of hydrogen-bond acceptors (Lipinski definition) is 5. The highest BCUT2D eigenvalue weighted by Crippen LogP contribution is 2.56. The molecule has 152 valence electrons. The quantitative estimate of drug-likeness (QED) is 0.689. The van der Waals surface area contributed by atoms with Gasteiger partial charge < -0.3 is 4.52 Å². The number of aromatic nitrogens is 2. The highest BCUT2D eigenvalue weighted by atomic mass is 35.5. The second-order valence-corrected chi connectivity index (χ2v) is 10.4. The van der Waals surface area contributed by atoms with E-state index in [2.05, 4.69) is 17.1 Å². The Kier molecular flexibility index (Phi) is 5.27. The fourth-order valence-corrected chi connectivity index (χ4v) is 6.77. The third kappa shape index (κ3) is 3.60. The summed E-state index contributed by atoms with van der Waals surface area (Å²) in [5, 5.41) is 4.43. The Labute approximate surface area is 171 Å². The van der Waals surface area contributed by atoms with E-state index < -0.39 is 10.0 Å². The molecule has 8 heteroatoms. The number of hydrogen-bond donors (Lipinski definition) is 0. The SMILES string of the molecule is CC[C@@H]1CCC[C@H](C2(Cc3nc(C)no3)CC2)N1S(=O)(=O)c1ccc(Cl)cc1. The van der Waals surface area contributed by atoms with Gasteiger partial charge in [0.15, 0.2) is 5.82 Å². The molecule has 0 radical (unpaired) electrons. The van der Waals surface area contributed by atoms with E-state index in [4.69, 9.17) is 16.1 Å². The molecule has 6 nitrogen and oxygen atoms in total. The smallest absolute Gasteiger partial charge is 0.243 e. The molecular weight excluding hydrogens is 398 g/mol. The maximum atomic E-state index is 13.6. The first kappa shape index (κ1) is 19.9. The normalized spacial score (nSPS) is 25.0. The molecule has 0 amide bonds. The van der Waals surface area contributed by atoms with Crippen LogP contribution < -0.4 is 0 Å². The second-order valence-electron chi connectivity index (χ2n) is 8.07. The molecular formula is C20H26ClN3O3S. The fraction of sp³-hybridized carbons (Fsp3) is 0.600. The molecule has 2 heterocycles. The zero-order chi connectivity index (χ0) is 19.9. The number of rotatable bonds is 6. The molecule has 4 rings (SSSR count). The van der Waals surface area contributed by atoms with Crippen LogP contribution in [0.15, 0.2) is 33.7 Å². The van der Waals surface area contributed by atoms with Gasteiger partial charge in [-0.1, -0.05) is 30.1 Å². The van der Waals surface area contributed by atoms with Gasteiger partial charge in [0.25, 0.3) is 0 Å². The van der Waals surface area contributed by atoms with Crippen LogP contribution in [0.25, 0.3) is 0 Å². The molecule has 1 aromatic carbocycles. The van der Waals surface area contributed by atoms with E-state index in [0.29, 0.717) is 28.1 Å². The molecule has 1 aliphatic carbocycles. The van der Waals surface area contributed by atoms with Gasteiger partial charge in [0, 0.05) is 23.5 Å². The van der Waals surface area contributed by atoms with Crippen LogP contribution in [0.5, 0.6) is 0 Å². The van der Waals surface area contributed by atoms with Crippen molar-refractivity contribution in [2.45, 2.75) is 75.8 Å². The van der Waals surface area contributed by atoms with E-state index >= 15 is 0 Å². The van der Waals surface area contributed by atoms with Gasteiger partial charge in [0.05, 0.1) is 4.90 Å². The summed E-state index contributed by atoms with van der Waals surface area (Å²) in [5.41, 5.74) is -0.105. The molecule has 2 aromatic rings. The summed E-state index contributed by atoms with van der Waals surface area (Å²) >= 11 is 5.98. The summed E-state index contributed by atoms with van der Waals surface area (Å²) in [5.74, 6) is 1.23. The predicted octanol–water partition coefficient (Wildman–Crippen LogP) is 4.38. The highest BCUT2D eigenvalue weighted by Gasteiger charge is 2.56. The fourth-order valence-electron chi connectivity index (χ4n) is 4.61. The van der Waals surface area contributed by atoms with Gasteiger partial charge in [-0.3, -0.25) is 0 Å². The van der Waals surface area contributed by atoms with Crippen LogP contribution >= 0.6 is 11.6 Å². The van der Waals surface area contributed by atoms with Crippen LogP contribution in [0.3, 0.4) is 0 Å². The maximum Gasteiger partial charge on any atom is 0.243 e. The zero-order valence-electron chi connectivity index (χ0n) is 16.3. The van der Waals surface area contributed by atoms with E-state index in [1.54, 1.807) is 35.5 Å². The van der Waals surface area contributed by atoms with Crippen molar-refractivity contribution in [2.24, 2.45) is 5.41 Å². The van der Waals surface area contributed by atoms with Crippen molar-refractivity contribution < 1.29 is 12.9 Å². The van der Waals surface area contributed by atoms with Crippen molar-refractivity contribution in [1.82, 2.24) is 14.4 Å². The number of sulfonamides is 1. The summed E-state index contributed by atoms with van der Waals surface area (Å²) in [6.45, 7) is 3.87. The topological polar surface area (TPSA) is 76.3 Å². The first-order valence-corrected chi connectivity index (χ1v) is 11.8. The van der Waals surface area contributed by atoms with Crippen molar-refractivity contribution in [2.75, 3.05) is 0 Å². The van der Waals surface area contributed by atoms with Gasteiger partial charge in [0.1, 0.15) is 0 Å². The molecule has 0 spiro atoms. The minimum absolute atomic E-state index is 0.0151. The highest BCUT2D eigenvalue weighted by molar-refractivity contribution is 7.89. The molecule has 2 aliphatic rings.